The molecule has 14 heavy (non-hydrogen) atoms. The van der Waals surface area contributed by atoms with Crippen molar-refractivity contribution in [2.45, 2.75) is 0 Å². The van der Waals surface area contributed by atoms with Gasteiger partial charge in [-0.1, -0.05) is 0 Å². The van der Waals surface area contributed by atoms with E-state index in [-0.39, 0.29) is 0 Å². The van der Waals surface area contributed by atoms with Gasteiger partial charge in [0.05, 0.1) is 6.54 Å². The van der Waals surface area contributed by atoms with Crippen LogP contribution in [0.1, 0.15) is 0 Å². The standard InChI is InChI=1S/C8H7BrN2O3/c9-5-3-6-7(10-4-5)14-2-1-11(6)8(12)13/h3-4H,1-2H2,(H,12,13). The molecular weight excluding hydrogens is 252 g/mol. The van der Waals surface area contributed by atoms with E-state index in [0.29, 0.717) is 24.7 Å². The maximum atomic E-state index is 10.9. The average molecular weight is 259 g/mol. The Labute approximate surface area is 88.4 Å². The van der Waals surface area contributed by atoms with E-state index in [1.165, 1.54) is 4.90 Å². The molecule has 1 aliphatic rings. The van der Waals surface area contributed by atoms with E-state index in [9.17, 15) is 4.79 Å². The smallest absolute Gasteiger partial charge is 0.412 e. The molecule has 0 atom stereocenters. The van der Waals surface area contributed by atoms with E-state index in [4.69, 9.17) is 9.84 Å². The lowest BCUT2D eigenvalue weighted by Crippen LogP contribution is -2.37. The van der Waals surface area contributed by atoms with Gasteiger partial charge in [0.1, 0.15) is 12.3 Å². The number of carbonyl (C=O) groups is 1. The normalized spacial score (nSPS) is 14.5. The molecule has 6 heteroatoms. The molecule has 1 aromatic rings. The zero-order chi connectivity index (χ0) is 10.1. The predicted molar refractivity (Wildman–Crippen MR) is 52.8 cm³/mol. The van der Waals surface area contributed by atoms with Crippen molar-refractivity contribution in [1.29, 1.82) is 0 Å². The molecule has 74 valence electrons. The van der Waals surface area contributed by atoms with Gasteiger partial charge in [-0.05, 0) is 22.0 Å². The molecule has 1 aliphatic heterocycles. The van der Waals surface area contributed by atoms with Crippen LogP contribution < -0.4 is 9.64 Å². The van der Waals surface area contributed by atoms with Crippen molar-refractivity contribution >= 4 is 27.7 Å². The zero-order valence-corrected chi connectivity index (χ0v) is 8.69. The Morgan fingerprint density at radius 1 is 1.71 bits per heavy atom. The number of pyridine rings is 1. The molecule has 1 amide bonds. The van der Waals surface area contributed by atoms with Crippen molar-refractivity contribution in [2.75, 3.05) is 18.1 Å². The molecule has 0 radical (unpaired) electrons. The number of halogens is 1. The molecule has 5 nitrogen and oxygen atoms in total. The van der Waals surface area contributed by atoms with Gasteiger partial charge in [-0.25, -0.2) is 9.78 Å². The van der Waals surface area contributed by atoms with Crippen molar-refractivity contribution in [2.24, 2.45) is 0 Å². The molecule has 0 fully saturated rings. The monoisotopic (exact) mass is 258 g/mol. The molecule has 0 unspecified atom stereocenters. The summed E-state index contributed by atoms with van der Waals surface area (Å²) in [5.74, 6) is 0.363. The van der Waals surface area contributed by atoms with Gasteiger partial charge < -0.3 is 9.84 Å². The summed E-state index contributed by atoms with van der Waals surface area (Å²) < 4.78 is 5.95. The van der Waals surface area contributed by atoms with Crippen LogP contribution in [0, 0.1) is 0 Å². The Balaban J connectivity index is 2.46. The molecule has 0 saturated heterocycles. The fraction of sp³-hybridized carbons (Fsp3) is 0.250. The molecule has 0 bridgehead atoms. The molecule has 0 aliphatic carbocycles. The molecule has 0 spiro atoms. The highest BCUT2D eigenvalue weighted by Gasteiger charge is 2.24. The summed E-state index contributed by atoms with van der Waals surface area (Å²) in [5.41, 5.74) is 0.484. The lowest BCUT2D eigenvalue weighted by atomic mass is 10.3. The summed E-state index contributed by atoms with van der Waals surface area (Å²) in [6, 6.07) is 1.68. The molecule has 0 aromatic carbocycles. The van der Waals surface area contributed by atoms with E-state index in [0.717, 1.165) is 4.47 Å². The van der Waals surface area contributed by atoms with Crippen molar-refractivity contribution in [3.8, 4) is 5.88 Å². The first-order valence-electron chi connectivity index (χ1n) is 3.97. The van der Waals surface area contributed by atoms with E-state index >= 15 is 0 Å². The fourth-order valence-electron chi connectivity index (χ4n) is 1.27. The SMILES string of the molecule is O=C(O)N1CCOc2ncc(Br)cc21. The minimum Gasteiger partial charge on any atom is -0.474 e. The minimum atomic E-state index is -0.991. The molecule has 1 N–H and O–H groups in total. The first kappa shape index (κ1) is 9.26. The van der Waals surface area contributed by atoms with E-state index in [1.807, 2.05) is 0 Å². The third-order valence-corrected chi connectivity index (χ3v) is 2.31. The second-order valence-electron chi connectivity index (χ2n) is 2.76. The number of anilines is 1. The van der Waals surface area contributed by atoms with Gasteiger partial charge in [0, 0.05) is 10.7 Å². The molecule has 1 aromatic heterocycles. The maximum absolute atomic E-state index is 10.9. The lowest BCUT2D eigenvalue weighted by Gasteiger charge is -2.26. The first-order chi connectivity index (χ1) is 6.68. The second kappa shape index (κ2) is 3.45. The van der Waals surface area contributed by atoms with Crippen molar-refractivity contribution in [3.05, 3.63) is 16.7 Å². The fourth-order valence-corrected chi connectivity index (χ4v) is 1.59. The van der Waals surface area contributed by atoms with Crippen LogP contribution in [0.2, 0.25) is 0 Å². The second-order valence-corrected chi connectivity index (χ2v) is 3.68. The summed E-state index contributed by atoms with van der Waals surface area (Å²) in [5, 5.41) is 8.90. The predicted octanol–water partition coefficient (Wildman–Crippen LogP) is 1.72. The topological polar surface area (TPSA) is 62.7 Å². The third kappa shape index (κ3) is 1.52. The summed E-state index contributed by atoms with van der Waals surface area (Å²) >= 11 is 3.23. The van der Waals surface area contributed by atoms with Crippen LogP contribution >= 0.6 is 15.9 Å². The maximum Gasteiger partial charge on any atom is 0.412 e. The number of hydrogen-bond acceptors (Lipinski definition) is 3. The summed E-state index contributed by atoms with van der Waals surface area (Å²) in [6.07, 6.45) is 0.582. The van der Waals surface area contributed by atoms with Crippen LogP contribution in [0.3, 0.4) is 0 Å². The van der Waals surface area contributed by atoms with Crippen LogP contribution in [0.5, 0.6) is 5.88 Å². The van der Waals surface area contributed by atoms with Crippen molar-refractivity contribution in [1.82, 2.24) is 4.98 Å². The van der Waals surface area contributed by atoms with Crippen molar-refractivity contribution < 1.29 is 14.6 Å². The molecular formula is C8H7BrN2O3. The van der Waals surface area contributed by atoms with Crippen LogP contribution in [-0.4, -0.2) is 29.3 Å². The quantitative estimate of drug-likeness (QED) is 0.770. The lowest BCUT2D eigenvalue weighted by molar-refractivity contribution is 0.196. The molecule has 2 heterocycles. The Kier molecular flexibility index (Phi) is 2.28. The number of rotatable bonds is 0. The molecule has 2 rings (SSSR count). The largest absolute Gasteiger partial charge is 0.474 e. The number of nitrogens with zero attached hydrogens (tertiary/aromatic N) is 2. The highest BCUT2D eigenvalue weighted by atomic mass is 79.9. The van der Waals surface area contributed by atoms with Crippen LogP contribution in [0.15, 0.2) is 16.7 Å². The number of aromatic nitrogens is 1. The number of amides is 1. The van der Waals surface area contributed by atoms with Gasteiger partial charge >= 0.3 is 6.09 Å². The van der Waals surface area contributed by atoms with E-state index in [2.05, 4.69) is 20.9 Å². The number of carboxylic acid groups (broad SMARTS) is 1. The van der Waals surface area contributed by atoms with Gasteiger partial charge in [-0.15, -0.1) is 0 Å². The Hall–Kier alpha value is -1.30. The van der Waals surface area contributed by atoms with Crippen molar-refractivity contribution in [3.63, 3.8) is 0 Å². The van der Waals surface area contributed by atoms with Crippen LogP contribution in [0.25, 0.3) is 0 Å². The van der Waals surface area contributed by atoms with Gasteiger partial charge in [0.25, 0.3) is 0 Å². The highest BCUT2D eigenvalue weighted by Crippen LogP contribution is 2.31. The number of fused-ring (bicyclic) bond motifs is 1. The van der Waals surface area contributed by atoms with Gasteiger partial charge in [0.2, 0.25) is 5.88 Å². The summed E-state index contributed by atoms with van der Waals surface area (Å²) in [7, 11) is 0. The first-order valence-corrected chi connectivity index (χ1v) is 4.76. The third-order valence-electron chi connectivity index (χ3n) is 1.87. The Bertz CT molecular complexity index is 383. The Morgan fingerprint density at radius 2 is 2.50 bits per heavy atom. The zero-order valence-electron chi connectivity index (χ0n) is 7.11. The average Bonchev–Trinajstić information content (AvgIpc) is 2.16. The van der Waals surface area contributed by atoms with Crippen LogP contribution in [-0.2, 0) is 0 Å². The molecule has 0 saturated carbocycles. The van der Waals surface area contributed by atoms with E-state index < -0.39 is 6.09 Å². The number of ether oxygens (including phenoxy) is 1. The van der Waals surface area contributed by atoms with E-state index in [1.54, 1.807) is 12.3 Å². The number of hydrogen-bond donors (Lipinski definition) is 1. The van der Waals surface area contributed by atoms with Gasteiger partial charge in [-0.2, -0.15) is 0 Å². The Morgan fingerprint density at radius 3 is 3.21 bits per heavy atom. The van der Waals surface area contributed by atoms with Gasteiger partial charge in [-0.3, -0.25) is 4.90 Å². The highest BCUT2D eigenvalue weighted by molar-refractivity contribution is 9.10. The minimum absolute atomic E-state index is 0.334. The van der Waals surface area contributed by atoms with Crippen LogP contribution in [0.4, 0.5) is 10.5 Å². The summed E-state index contributed by atoms with van der Waals surface area (Å²) in [6.45, 7) is 0.675. The van der Waals surface area contributed by atoms with Gasteiger partial charge in [0.15, 0.2) is 0 Å². The summed E-state index contributed by atoms with van der Waals surface area (Å²) in [4.78, 5) is 16.1.